The molecule has 0 aliphatic heterocycles. The molecule has 0 aliphatic rings. The number of nitrogens with zero attached hydrogens (tertiary/aromatic N) is 2. The van der Waals surface area contributed by atoms with Gasteiger partial charge in [-0.3, -0.25) is 14.9 Å². The van der Waals surface area contributed by atoms with Crippen molar-refractivity contribution in [1.29, 1.82) is 0 Å². The summed E-state index contributed by atoms with van der Waals surface area (Å²) in [7, 11) is 0. The van der Waals surface area contributed by atoms with Crippen LogP contribution in [-0.2, 0) is 0 Å². The Kier molecular flexibility index (Phi) is 3.28. The Hall–Kier alpha value is -1.97. The smallest absolute Gasteiger partial charge is 0.269 e. The zero-order valence-electron chi connectivity index (χ0n) is 8.75. The van der Waals surface area contributed by atoms with Crippen molar-refractivity contribution >= 4 is 28.3 Å². The fraction of sp³-hybridized carbons (Fsp3) is 0. The van der Waals surface area contributed by atoms with Crippen molar-refractivity contribution in [3.8, 4) is 17.3 Å². The van der Waals surface area contributed by atoms with Crippen LogP contribution in [0.3, 0.4) is 0 Å². The summed E-state index contributed by atoms with van der Waals surface area (Å²) in [6, 6.07) is 5.49. The number of non-ortho nitro benzene ring substituents is 1. The molecule has 2 rings (SSSR count). The number of halogens is 1. The highest BCUT2D eigenvalue weighted by molar-refractivity contribution is 14.1. The maximum atomic E-state index is 11.4. The number of benzene rings is 1. The maximum absolute atomic E-state index is 11.4. The van der Waals surface area contributed by atoms with Gasteiger partial charge in [-0.2, -0.15) is 4.98 Å². The van der Waals surface area contributed by atoms with Crippen molar-refractivity contribution in [2.45, 2.75) is 0 Å². The Balaban J connectivity index is 2.49. The molecule has 2 N–H and O–H groups in total. The van der Waals surface area contributed by atoms with E-state index in [-0.39, 0.29) is 21.0 Å². The summed E-state index contributed by atoms with van der Waals surface area (Å²) in [5, 5.41) is 19.9. The van der Waals surface area contributed by atoms with Crippen LogP contribution in [0.1, 0.15) is 0 Å². The second kappa shape index (κ2) is 4.72. The van der Waals surface area contributed by atoms with Crippen LogP contribution in [0, 0.1) is 13.7 Å². The summed E-state index contributed by atoms with van der Waals surface area (Å²) >= 11 is 1.67. The molecule has 0 spiro atoms. The Morgan fingerprint density at radius 2 is 1.94 bits per heavy atom. The van der Waals surface area contributed by atoms with E-state index in [1.807, 2.05) is 0 Å². The third kappa shape index (κ3) is 2.32. The summed E-state index contributed by atoms with van der Waals surface area (Å²) in [6.45, 7) is 0. The molecule has 2 aromatic rings. The minimum absolute atomic E-state index is 0.0594. The van der Waals surface area contributed by atoms with Crippen LogP contribution in [0.4, 0.5) is 5.69 Å². The predicted molar refractivity (Wildman–Crippen MR) is 71.3 cm³/mol. The van der Waals surface area contributed by atoms with Crippen molar-refractivity contribution in [3.63, 3.8) is 0 Å². The van der Waals surface area contributed by atoms with Crippen molar-refractivity contribution in [3.05, 3.63) is 48.3 Å². The summed E-state index contributed by atoms with van der Waals surface area (Å²) in [6.07, 6.45) is 0. The van der Waals surface area contributed by atoms with Crippen LogP contribution in [0.25, 0.3) is 11.4 Å². The van der Waals surface area contributed by atoms with Gasteiger partial charge >= 0.3 is 0 Å². The molecular weight excluding hydrogens is 353 g/mol. The van der Waals surface area contributed by atoms with Gasteiger partial charge in [0.05, 0.1) is 4.92 Å². The van der Waals surface area contributed by atoms with Crippen LogP contribution >= 0.6 is 22.6 Å². The van der Waals surface area contributed by atoms with E-state index in [1.165, 1.54) is 24.3 Å². The third-order valence-corrected chi connectivity index (χ3v) is 3.17. The lowest BCUT2D eigenvalue weighted by atomic mass is 10.2. The first-order valence-corrected chi connectivity index (χ1v) is 5.80. The molecule has 7 nitrogen and oxygen atoms in total. The van der Waals surface area contributed by atoms with Crippen molar-refractivity contribution in [2.24, 2.45) is 0 Å². The lowest BCUT2D eigenvalue weighted by molar-refractivity contribution is -0.384. The second-order valence-corrected chi connectivity index (χ2v) is 4.43. The van der Waals surface area contributed by atoms with Crippen molar-refractivity contribution < 1.29 is 10.0 Å². The largest absolute Gasteiger partial charge is 0.492 e. The van der Waals surface area contributed by atoms with Gasteiger partial charge < -0.3 is 10.1 Å². The molecule has 8 heteroatoms. The van der Waals surface area contributed by atoms with Gasteiger partial charge in [-0.15, -0.1) is 0 Å². The molecule has 1 aromatic heterocycles. The lowest BCUT2D eigenvalue weighted by Crippen LogP contribution is -2.12. The highest BCUT2D eigenvalue weighted by Crippen LogP contribution is 2.21. The predicted octanol–water partition coefficient (Wildman–Crippen LogP) is 1.66. The van der Waals surface area contributed by atoms with Gasteiger partial charge in [0.2, 0.25) is 5.88 Å². The number of hydrogen-bond acceptors (Lipinski definition) is 5. The summed E-state index contributed by atoms with van der Waals surface area (Å²) in [5.41, 5.74) is -0.0447. The van der Waals surface area contributed by atoms with E-state index in [2.05, 4.69) is 9.97 Å². The molecule has 92 valence electrons. The third-order valence-electron chi connectivity index (χ3n) is 2.20. The number of aromatic nitrogens is 2. The molecule has 18 heavy (non-hydrogen) atoms. The van der Waals surface area contributed by atoms with Crippen molar-refractivity contribution in [2.75, 3.05) is 0 Å². The van der Waals surface area contributed by atoms with Crippen LogP contribution in [0.5, 0.6) is 5.88 Å². The van der Waals surface area contributed by atoms with E-state index in [9.17, 15) is 20.0 Å². The highest BCUT2D eigenvalue weighted by Gasteiger charge is 2.10. The summed E-state index contributed by atoms with van der Waals surface area (Å²) in [4.78, 5) is 27.7. The monoisotopic (exact) mass is 359 g/mol. The zero-order valence-corrected chi connectivity index (χ0v) is 10.9. The van der Waals surface area contributed by atoms with Gasteiger partial charge in [-0.25, -0.2) is 0 Å². The maximum Gasteiger partial charge on any atom is 0.269 e. The van der Waals surface area contributed by atoms with E-state index in [1.54, 1.807) is 22.6 Å². The number of nitro groups is 1. The molecule has 0 amide bonds. The van der Waals surface area contributed by atoms with Crippen LogP contribution < -0.4 is 5.56 Å². The number of hydrogen-bond donors (Lipinski definition) is 2. The molecule has 0 bridgehead atoms. The molecule has 0 unspecified atom stereocenters. The normalized spacial score (nSPS) is 10.3. The molecular formula is C10H6IN3O4. The van der Waals surface area contributed by atoms with E-state index < -0.39 is 10.5 Å². The van der Waals surface area contributed by atoms with E-state index in [0.29, 0.717) is 5.56 Å². The van der Waals surface area contributed by atoms with Gasteiger partial charge in [-0.05, 0) is 34.7 Å². The van der Waals surface area contributed by atoms with Crippen molar-refractivity contribution in [1.82, 2.24) is 9.97 Å². The fourth-order valence-corrected chi connectivity index (χ4v) is 1.58. The van der Waals surface area contributed by atoms with Crippen LogP contribution in [0.15, 0.2) is 29.1 Å². The van der Waals surface area contributed by atoms with Gasteiger partial charge in [0.1, 0.15) is 9.39 Å². The molecule has 0 radical (unpaired) electrons. The first-order chi connectivity index (χ1) is 8.49. The molecule has 0 aliphatic carbocycles. The molecule has 1 heterocycles. The van der Waals surface area contributed by atoms with E-state index >= 15 is 0 Å². The SMILES string of the molecule is O=c1[nH]c(-c2ccc([N+](=O)[O-])cc2)nc(O)c1I. The second-order valence-electron chi connectivity index (χ2n) is 3.36. The average molecular weight is 359 g/mol. The molecule has 1 aromatic carbocycles. The number of aromatic amines is 1. The fourth-order valence-electron chi connectivity index (χ4n) is 1.32. The van der Waals surface area contributed by atoms with Gasteiger partial charge in [0.15, 0.2) is 0 Å². The van der Waals surface area contributed by atoms with Gasteiger partial charge in [-0.1, -0.05) is 0 Å². The molecule has 0 saturated heterocycles. The van der Waals surface area contributed by atoms with E-state index in [4.69, 9.17) is 0 Å². The average Bonchev–Trinajstić information content (AvgIpc) is 2.35. The standard InChI is InChI=1S/C10H6IN3O4/c11-7-9(15)12-8(13-10(7)16)5-1-3-6(4-2-5)14(17)18/h1-4H,(H2,12,13,15,16). The molecule has 0 saturated carbocycles. The lowest BCUT2D eigenvalue weighted by Gasteiger charge is -2.02. The first kappa shape index (κ1) is 12.5. The number of H-pyrrole nitrogens is 1. The Labute approximate surface area is 114 Å². The van der Waals surface area contributed by atoms with Crippen LogP contribution in [-0.4, -0.2) is 20.0 Å². The van der Waals surface area contributed by atoms with Crippen LogP contribution in [0.2, 0.25) is 0 Å². The number of aromatic hydroxyl groups is 1. The number of nitrogens with one attached hydrogen (secondary N) is 1. The Bertz CT molecular complexity index is 666. The minimum Gasteiger partial charge on any atom is -0.492 e. The number of rotatable bonds is 2. The zero-order chi connectivity index (χ0) is 13.3. The first-order valence-electron chi connectivity index (χ1n) is 4.72. The topological polar surface area (TPSA) is 109 Å². The summed E-state index contributed by atoms with van der Waals surface area (Å²) < 4.78 is 0.0956. The summed E-state index contributed by atoms with van der Waals surface area (Å²) in [5.74, 6) is -0.208. The minimum atomic E-state index is -0.522. The van der Waals surface area contributed by atoms with Gasteiger partial charge in [0, 0.05) is 17.7 Å². The van der Waals surface area contributed by atoms with Gasteiger partial charge in [0.25, 0.3) is 11.2 Å². The Morgan fingerprint density at radius 3 is 2.44 bits per heavy atom. The number of nitro benzene ring substituents is 1. The highest BCUT2D eigenvalue weighted by atomic mass is 127. The van der Waals surface area contributed by atoms with E-state index in [0.717, 1.165) is 0 Å². The molecule has 0 atom stereocenters. The molecule has 0 fully saturated rings. The Morgan fingerprint density at radius 1 is 1.33 bits per heavy atom. The quantitative estimate of drug-likeness (QED) is 0.482.